The Balaban J connectivity index is 1.74. The van der Waals surface area contributed by atoms with Gasteiger partial charge in [0.15, 0.2) is 6.23 Å². The summed E-state index contributed by atoms with van der Waals surface area (Å²) in [4.78, 5) is 28.2. The number of benzene rings is 1. The van der Waals surface area contributed by atoms with Gasteiger partial charge in [0.05, 0.1) is 12.7 Å². The number of nitrogen functional groups attached to an aromatic ring is 1. The maximum Gasteiger partial charge on any atom is 0.463 e. The number of hydrogen-bond acceptors (Lipinski definition) is 10. The van der Waals surface area contributed by atoms with Crippen LogP contribution in [-0.4, -0.2) is 40.7 Å². The number of halogens is 1. The van der Waals surface area contributed by atoms with E-state index in [0.29, 0.717) is 6.42 Å². The molecule has 0 radical (unpaired) electrons. The zero-order valence-corrected chi connectivity index (χ0v) is 21.9. The van der Waals surface area contributed by atoms with Crippen LogP contribution in [0.1, 0.15) is 39.8 Å². The highest BCUT2D eigenvalue weighted by Crippen LogP contribution is 2.47. The van der Waals surface area contributed by atoms with Crippen LogP contribution in [0.4, 0.5) is 5.82 Å². The molecule has 14 heteroatoms. The quantitative estimate of drug-likeness (QED) is 0.300. The van der Waals surface area contributed by atoms with Gasteiger partial charge in [-0.2, -0.15) is 10.1 Å². The molecule has 35 heavy (non-hydrogen) atoms. The van der Waals surface area contributed by atoms with Crippen molar-refractivity contribution >= 4 is 35.5 Å². The minimum absolute atomic E-state index is 0.0590. The second kappa shape index (κ2) is 12.1. The third-order valence-corrected chi connectivity index (χ3v) is 6.92. The lowest BCUT2D eigenvalue weighted by molar-refractivity contribution is -0.197. The molecular formula is C21H28BrN4O8P. The number of anilines is 1. The predicted octanol–water partition coefficient (Wildman–Crippen LogP) is 3.33. The van der Waals surface area contributed by atoms with E-state index in [2.05, 4.69) is 26.0 Å². The average Bonchev–Trinajstić information content (AvgIpc) is 3.22. The van der Waals surface area contributed by atoms with Gasteiger partial charge in [0, 0.05) is 10.7 Å². The van der Waals surface area contributed by atoms with Crippen molar-refractivity contribution < 1.29 is 32.6 Å². The Bertz CT molecular complexity index is 1120. The molecule has 3 rings (SSSR count). The molecule has 1 aliphatic heterocycles. The summed E-state index contributed by atoms with van der Waals surface area (Å²) in [5.41, 5.74) is 4.86. The molecule has 0 bridgehead atoms. The SMILES string of the molecule is CCC[C@H](C)OC(=O)[C@H](C)N[P@@](=O)(Oc1ccc(Br)cc1)O[C@H]1OC[C@@H](n2ccc(N)nc2=O)O1. The van der Waals surface area contributed by atoms with E-state index in [1.54, 1.807) is 31.2 Å². The molecule has 1 fully saturated rings. The van der Waals surface area contributed by atoms with Gasteiger partial charge < -0.3 is 24.5 Å². The van der Waals surface area contributed by atoms with Gasteiger partial charge in [-0.1, -0.05) is 29.3 Å². The molecule has 0 unspecified atom stereocenters. The van der Waals surface area contributed by atoms with Crippen molar-refractivity contribution in [3.8, 4) is 5.75 Å². The molecule has 0 aliphatic carbocycles. The summed E-state index contributed by atoms with van der Waals surface area (Å²) in [6, 6.07) is 6.87. The summed E-state index contributed by atoms with van der Waals surface area (Å²) in [6.07, 6.45) is 1.71. The highest BCUT2D eigenvalue weighted by atomic mass is 79.9. The number of aromatic nitrogens is 2. The maximum atomic E-state index is 13.7. The molecule has 0 spiro atoms. The first-order valence-corrected chi connectivity index (χ1v) is 13.3. The zero-order chi connectivity index (χ0) is 25.6. The number of carbonyl (C=O) groups is 1. The van der Waals surface area contributed by atoms with Crippen LogP contribution in [0, 0.1) is 0 Å². The number of nitrogens with one attached hydrogen (secondary N) is 1. The fraction of sp³-hybridized carbons (Fsp3) is 0.476. The normalized spacial score (nSPS) is 21.1. The highest BCUT2D eigenvalue weighted by Gasteiger charge is 2.40. The van der Waals surface area contributed by atoms with Gasteiger partial charge in [-0.05, 0) is 50.6 Å². The van der Waals surface area contributed by atoms with Crippen LogP contribution in [0.25, 0.3) is 0 Å². The summed E-state index contributed by atoms with van der Waals surface area (Å²) in [7, 11) is -4.25. The second-order valence-electron chi connectivity index (χ2n) is 7.79. The molecule has 3 N–H and O–H groups in total. The molecule has 0 saturated carbocycles. The Labute approximate surface area is 210 Å². The third-order valence-electron chi connectivity index (χ3n) is 4.79. The van der Waals surface area contributed by atoms with Crippen molar-refractivity contribution in [3.05, 3.63) is 51.5 Å². The van der Waals surface area contributed by atoms with Gasteiger partial charge in [0.1, 0.15) is 17.6 Å². The first kappa shape index (κ1) is 27.3. The Morgan fingerprint density at radius 3 is 2.71 bits per heavy atom. The van der Waals surface area contributed by atoms with E-state index < -0.39 is 38.2 Å². The van der Waals surface area contributed by atoms with Gasteiger partial charge in [-0.3, -0.25) is 9.36 Å². The minimum atomic E-state index is -4.25. The van der Waals surface area contributed by atoms with Crippen molar-refractivity contribution in [2.75, 3.05) is 12.3 Å². The van der Waals surface area contributed by atoms with Gasteiger partial charge >= 0.3 is 19.4 Å². The smallest absolute Gasteiger partial charge is 0.462 e. The van der Waals surface area contributed by atoms with Crippen LogP contribution in [0.5, 0.6) is 5.75 Å². The van der Waals surface area contributed by atoms with Gasteiger partial charge in [-0.15, -0.1) is 0 Å². The van der Waals surface area contributed by atoms with Crippen molar-refractivity contribution in [2.45, 2.75) is 58.5 Å². The fourth-order valence-electron chi connectivity index (χ4n) is 3.10. The van der Waals surface area contributed by atoms with Crippen molar-refractivity contribution in [2.24, 2.45) is 0 Å². The van der Waals surface area contributed by atoms with E-state index in [4.69, 9.17) is 29.0 Å². The Morgan fingerprint density at radius 2 is 2.06 bits per heavy atom. The topological polar surface area (TPSA) is 153 Å². The maximum absolute atomic E-state index is 13.7. The lowest BCUT2D eigenvalue weighted by Gasteiger charge is -2.25. The number of carbonyl (C=O) groups excluding carboxylic acids is 1. The second-order valence-corrected chi connectivity index (χ2v) is 10.4. The summed E-state index contributed by atoms with van der Waals surface area (Å²) in [6.45, 7) is 3.65. The van der Waals surface area contributed by atoms with Crippen LogP contribution in [0.3, 0.4) is 0 Å². The van der Waals surface area contributed by atoms with Gasteiger partial charge in [-0.25, -0.2) is 13.9 Å². The molecule has 5 atom stereocenters. The first-order chi connectivity index (χ1) is 16.6. The third kappa shape index (κ3) is 7.86. The highest BCUT2D eigenvalue weighted by molar-refractivity contribution is 9.10. The first-order valence-electron chi connectivity index (χ1n) is 10.9. The van der Waals surface area contributed by atoms with E-state index >= 15 is 0 Å². The molecule has 1 aromatic carbocycles. The molecule has 192 valence electrons. The van der Waals surface area contributed by atoms with Gasteiger partial charge in [0.25, 0.3) is 6.48 Å². The molecular weight excluding hydrogens is 547 g/mol. The number of hydrogen-bond donors (Lipinski definition) is 2. The van der Waals surface area contributed by atoms with Crippen LogP contribution in [0.2, 0.25) is 0 Å². The number of rotatable bonds is 11. The van der Waals surface area contributed by atoms with Crippen LogP contribution >= 0.6 is 23.7 Å². The van der Waals surface area contributed by atoms with E-state index in [9.17, 15) is 14.2 Å². The lowest BCUT2D eigenvalue weighted by atomic mass is 10.2. The Morgan fingerprint density at radius 1 is 1.34 bits per heavy atom. The van der Waals surface area contributed by atoms with Crippen molar-refractivity contribution in [3.63, 3.8) is 0 Å². The summed E-state index contributed by atoms with van der Waals surface area (Å²) in [5.74, 6) is -0.360. The predicted molar refractivity (Wildman–Crippen MR) is 129 cm³/mol. The van der Waals surface area contributed by atoms with Crippen molar-refractivity contribution in [1.82, 2.24) is 14.6 Å². The van der Waals surface area contributed by atoms with Crippen molar-refractivity contribution in [1.29, 1.82) is 0 Å². The van der Waals surface area contributed by atoms with E-state index in [1.165, 1.54) is 19.2 Å². The summed E-state index contributed by atoms with van der Waals surface area (Å²) >= 11 is 3.32. The van der Waals surface area contributed by atoms with E-state index in [0.717, 1.165) is 15.5 Å². The Kier molecular flexibility index (Phi) is 9.45. The van der Waals surface area contributed by atoms with E-state index in [1.807, 2.05) is 6.92 Å². The number of nitrogens with two attached hydrogens (primary N) is 1. The van der Waals surface area contributed by atoms with E-state index in [-0.39, 0.29) is 24.3 Å². The van der Waals surface area contributed by atoms with Gasteiger partial charge in [0.2, 0.25) is 0 Å². The molecule has 12 nitrogen and oxygen atoms in total. The fourth-order valence-corrected chi connectivity index (χ4v) is 4.83. The molecule has 2 aromatic rings. The Hall–Kier alpha value is -2.28. The lowest BCUT2D eigenvalue weighted by Crippen LogP contribution is -2.37. The van der Waals surface area contributed by atoms with Crippen LogP contribution in [0.15, 0.2) is 45.8 Å². The molecule has 1 saturated heterocycles. The number of nitrogens with zero attached hydrogens (tertiary/aromatic N) is 2. The number of ether oxygens (including phenoxy) is 3. The molecule has 1 aliphatic rings. The van der Waals surface area contributed by atoms with Crippen LogP contribution in [-0.2, 0) is 28.1 Å². The molecule has 0 amide bonds. The minimum Gasteiger partial charge on any atom is -0.462 e. The zero-order valence-electron chi connectivity index (χ0n) is 19.5. The van der Waals surface area contributed by atoms with Crippen LogP contribution < -0.4 is 21.0 Å². The average molecular weight is 575 g/mol. The molecule has 1 aromatic heterocycles. The standard InChI is InChI=1S/C21H28BrN4O8P/c1-4-5-13(2)31-19(27)14(3)25-35(29,33-16-8-6-15(22)7-9-16)34-21-30-12-18(32-21)26-11-10-17(23)24-20(26)28/h6-11,13-14,18,21H,4-5,12H2,1-3H3,(H,25,29)(H2,23,24,28)/t13-,14-,18-,21-,35+/m0/s1. The number of esters is 1. The summed E-state index contributed by atoms with van der Waals surface area (Å²) in [5, 5.41) is 2.57. The summed E-state index contributed by atoms with van der Waals surface area (Å²) < 4.78 is 43.1. The monoisotopic (exact) mass is 574 g/mol. The molecule has 2 heterocycles. The largest absolute Gasteiger partial charge is 0.463 e.